The van der Waals surface area contributed by atoms with E-state index in [1.807, 2.05) is 12.1 Å². The molecule has 4 aromatic heterocycles. The minimum absolute atomic E-state index is 0.668. The van der Waals surface area contributed by atoms with Crippen LogP contribution in [0.5, 0.6) is 0 Å². The molecule has 0 radical (unpaired) electrons. The molecule has 60 heavy (non-hydrogen) atoms. The topological polar surface area (TPSA) is 43.5 Å². The van der Waals surface area contributed by atoms with Crippen molar-refractivity contribution in [2.45, 2.75) is 0 Å². The van der Waals surface area contributed by atoms with Crippen LogP contribution in [0.15, 0.2) is 200 Å². The predicted molar refractivity (Wildman–Crippen MR) is 249 cm³/mol. The number of benzene rings is 9. The average molecular weight is 764 g/mol. The molecule has 0 atom stereocenters. The van der Waals surface area contributed by atoms with E-state index >= 15 is 0 Å². The van der Waals surface area contributed by atoms with Gasteiger partial charge in [-0.3, -0.25) is 0 Å². The molecule has 0 amide bonds. The molecule has 4 heterocycles. The molecule has 5 heteroatoms. The molecule has 0 spiro atoms. The van der Waals surface area contributed by atoms with Crippen molar-refractivity contribution in [2.24, 2.45) is 0 Å². The molecule has 0 bridgehead atoms. The lowest BCUT2D eigenvalue weighted by atomic mass is 10.0. The molecule has 0 fully saturated rings. The number of hydrogen-bond acceptors (Lipinski definition) is 1. The van der Waals surface area contributed by atoms with Crippen LogP contribution in [0.3, 0.4) is 0 Å². The van der Waals surface area contributed by atoms with Crippen molar-refractivity contribution in [3.05, 3.63) is 206 Å². The van der Waals surface area contributed by atoms with Crippen LogP contribution in [0, 0.1) is 11.3 Å². The first-order valence-corrected chi connectivity index (χ1v) is 20.3. The van der Waals surface area contributed by atoms with Gasteiger partial charge < -0.3 is 18.3 Å². The Balaban J connectivity index is 1.19. The molecule has 13 aromatic rings. The van der Waals surface area contributed by atoms with Crippen LogP contribution in [0.4, 0.5) is 0 Å². The highest BCUT2D eigenvalue weighted by atomic mass is 15.0. The Kier molecular flexibility index (Phi) is 6.73. The molecular weight excluding hydrogens is 731 g/mol. The van der Waals surface area contributed by atoms with Crippen molar-refractivity contribution >= 4 is 87.2 Å². The minimum Gasteiger partial charge on any atom is -0.309 e. The van der Waals surface area contributed by atoms with Gasteiger partial charge in [-0.25, -0.2) is 0 Å². The van der Waals surface area contributed by atoms with Crippen LogP contribution in [0.25, 0.3) is 110 Å². The molecule has 0 aliphatic carbocycles. The maximum absolute atomic E-state index is 10.6. The van der Waals surface area contributed by atoms with Crippen molar-refractivity contribution in [3.8, 4) is 28.8 Å². The third kappa shape index (κ3) is 4.34. The molecule has 9 aromatic carbocycles. The summed E-state index contributed by atoms with van der Waals surface area (Å²) in [7, 11) is 0. The highest BCUT2D eigenvalue weighted by Crippen LogP contribution is 2.46. The molecule has 0 saturated heterocycles. The van der Waals surface area contributed by atoms with E-state index in [0.717, 1.165) is 71.9 Å². The minimum atomic E-state index is 0.668. The summed E-state index contributed by atoms with van der Waals surface area (Å²) in [6.07, 6.45) is 0. The van der Waals surface area contributed by atoms with E-state index in [4.69, 9.17) is 0 Å². The lowest BCUT2D eigenvalue weighted by Gasteiger charge is -2.12. The van der Waals surface area contributed by atoms with Crippen LogP contribution < -0.4 is 0 Å². The van der Waals surface area contributed by atoms with Crippen molar-refractivity contribution < 1.29 is 0 Å². The third-order valence-corrected chi connectivity index (χ3v) is 12.6. The fourth-order valence-corrected chi connectivity index (χ4v) is 10.2. The second-order valence-corrected chi connectivity index (χ2v) is 15.6. The van der Waals surface area contributed by atoms with Crippen LogP contribution in [0.2, 0.25) is 0 Å². The zero-order valence-corrected chi connectivity index (χ0v) is 32.3. The smallest absolute Gasteiger partial charge is 0.0998 e. The maximum atomic E-state index is 10.6. The Morgan fingerprint density at radius 1 is 0.283 bits per heavy atom. The quantitative estimate of drug-likeness (QED) is 0.176. The Morgan fingerprint density at radius 2 is 0.717 bits per heavy atom. The molecule has 278 valence electrons. The SMILES string of the molecule is N#Cc1cccc2c1c1ccc3c(c4ccccc4n3-c3ccccc3)c1n2-c1ccc2c(c1)c1ccc3c(c4ccccc4n3-c3ccccc3)c1n2-c1ccccc1. The molecule has 0 aliphatic heterocycles. The van der Waals surface area contributed by atoms with E-state index < -0.39 is 0 Å². The monoisotopic (exact) mass is 763 g/mol. The zero-order chi connectivity index (χ0) is 39.5. The van der Waals surface area contributed by atoms with Gasteiger partial charge in [0.25, 0.3) is 0 Å². The predicted octanol–water partition coefficient (Wildman–Crippen LogP) is 13.9. The van der Waals surface area contributed by atoms with Gasteiger partial charge in [0.05, 0.1) is 55.8 Å². The number of para-hydroxylation sites is 5. The summed E-state index contributed by atoms with van der Waals surface area (Å²) in [5, 5.41) is 19.7. The van der Waals surface area contributed by atoms with E-state index in [9.17, 15) is 5.26 Å². The Bertz CT molecular complexity index is 3930. The highest BCUT2D eigenvalue weighted by Gasteiger charge is 2.25. The van der Waals surface area contributed by atoms with Crippen molar-refractivity contribution in [1.29, 1.82) is 5.26 Å². The van der Waals surface area contributed by atoms with E-state index in [2.05, 4.69) is 212 Å². The van der Waals surface area contributed by atoms with Crippen LogP contribution in [0.1, 0.15) is 5.56 Å². The van der Waals surface area contributed by atoms with E-state index in [1.54, 1.807) is 0 Å². The molecule has 0 saturated carbocycles. The second-order valence-electron chi connectivity index (χ2n) is 15.6. The van der Waals surface area contributed by atoms with Crippen LogP contribution in [-0.2, 0) is 0 Å². The Labute approximate surface area is 344 Å². The largest absolute Gasteiger partial charge is 0.309 e. The lowest BCUT2D eigenvalue weighted by Crippen LogP contribution is -1.97. The normalized spacial score (nSPS) is 12.0. The van der Waals surface area contributed by atoms with E-state index in [1.165, 1.54) is 38.1 Å². The van der Waals surface area contributed by atoms with Crippen LogP contribution >= 0.6 is 0 Å². The lowest BCUT2D eigenvalue weighted by molar-refractivity contribution is 1.17. The number of aromatic nitrogens is 4. The summed E-state index contributed by atoms with van der Waals surface area (Å²) < 4.78 is 9.61. The number of nitriles is 1. The summed E-state index contributed by atoms with van der Waals surface area (Å²) in [4.78, 5) is 0. The standard InChI is InChI=1S/C55H33N5/c56-34-35-15-14-26-48-51(35)43-29-32-50-53(42-23-11-13-25-46(42)58(50)37-18-6-2-7-19-37)55(43)60(48)39-27-30-47-44(33-39)40-28-31-49-52(54(40)59(47)38-20-8-3-9-21-38)41-22-10-12-24-45(41)57(49)36-16-4-1-5-17-36/h1-33H. The number of rotatable bonds is 4. The van der Waals surface area contributed by atoms with E-state index in [-0.39, 0.29) is 0 Å². The van der Waals surface area contributed by atoms with Crippen molar-refractivity contribution in [3.63, 3.8) is 0 Å². The van der Waals surface area contributed by atoms with Gasteiger partial charge in [0.2, 0.25) is 0 Å². The van der Waals surface area contributed by atoms with Gasteiger partial charge in [-0.05, 0) is 91.0 Å². The van der Waals surface area contributed by atoms with Crippen molar-refractivity contribution in [1.82, 2.24) is 18.3 Å². The molecule has 0 unspecified atom stereocenters. The molecule has 0 aliphatic rings. The first kappa shape index (κ1) is 32.7. The van der Waals surface area contributed by atoms with Gasteiger partial charge >= 0.3 is 0 Å². The highest BCUT2D eigenvalue weighted by molar-refractivity contribution is 6.28. The number of nitrogens with zero attached hydrogens (tertiary/aromatic N) is 5. The van der Waals surface area contributed by atoms with Crippen molar-refractivity contribution in [2.75, 3.05) is 0 Å². The number of fused-ring (bicyclic) bond motifs is 14. The molecular formula is C55H33N5. The van der Waals surface area contributed by atoms with E-state index in [0.29, 0.717) is 5.56 Å². The maximum Gasteiger partial charge on any atom is 0.0998 e. The van der Waals surface area contributed by atoms with Crippen LogP contribution in [-0.4, -0.2) is 18.3 Å². The fraction of sp³-hybridized carbons (Fsp3) is 0. The van der Waals surface area contributed by atoms with Gasteiger partial charge in [-0.15, -0.1) is 0 Å². The molecule has 0 N–H and O–H groups in total. The van der Waals surface area contributed by atoms with Gasteiger partial charge in [0, 0.05) is 65.8 Å². The summed E-state index contributed by atoms with van der Waals surface area (Å²) >= 11 is 0. The summed E-state index contributed by atoms with van der Waals surface area (Å²) in [5.41, 5.74) is 14.1. The fourth-order valence-electron chi connectivity index (χ4n) is 10.2. The average Bonchev–Trinajstić information content (AvgIpc) is 4.04. The summed E-state index contributed by atoms with van der Waals surface area (Å²) in [5.74, 6) is 0. The molecule has 13 rings (SSSR count). The Morgan fingerprint density at radius 3 is 1.30 bits per heavy atom. The van der Waals surface area contributed by atoms with Gasteiger partial charge in [0.15, 0.2) is 0 Å². The zero-order valence-electron chi connectivity index (χ0n) is 32.3. The second kappa shape index (κ2) is 12.3. The Hall–Kier alpha value is -8.33. The van der Waals surface area contributed by atoms with Gasteiger partial charge in [-0.1, -0.05) is 109 Å². The van der Waals surface area contributed by atoms with Gasteiger partial charge in [-0.2, -0.15) is 5.26 Å². The summed E-state index contributed by atoms with van der Waals surface area (Å²) in [6.45, 7) is 0. The number of hydrogen-bond donors (Lipinski definition) is 0. The first-order chi connectivity index (χ1) is 29.8. The molecule has 5 nitrogen and oxygen atoms in total. The van der Waals surface area contributed by atoms with Gasteiger partial charge in [0.1, 0.15) is 0 Å². The first-order valence-electron chi connectivity index (χ1n) is 20.3. The summed E-state index contributed by atoms with van der Waals surface area (Å²) in [6, 6.07) is 74.1. The third-order valence-electron chi connectivity index (χ3n) is 12.6.